The van der Waals surface area contributed by atoms with Gasteiger partial charge in [0.15, 0.2) is 0 Å². The van der Waals surface area contributed by atoms with Crippen LogP contribution < -0.4 is 5.32 Å². The van der Waals surface area contributed by atoms with Crippen molar-refractivity contribution >= 4 is 0 Å². The molecule has 0 amide bonds. The molecule has 0 aliphatic heterocycles. The molecule has 0 spiro atoms. The zero-order chi connectivity index (χ0) is 14.0. The van der Waals surface area contributed by atoms with Crippen molar-refractivity contribution in [2.75, 3.05) is 0 Å². The highest BCUT2D eigenvalue weighted by Crippen LogP contribution is 2.15. The van der Waals surface area contributed by atoms with Crippen molar-refractivity contribution < 1.29 is 0 Å². The van der Waals surface area contributed by atoms with Crippen molar-refractivity contribution in [2.24, 2.45) is 0 Å². The number of aryl methyl sites for hydroxylation is 2. The summed E-state index contributed by atoms with van der Waals surface area (Å²) >= 11 is 0. The van der Waals surface area contributed by atoms with Crippen molar-refractivity contribution in [3.8, 4) is 5.69 Å². The molecular formula is C15H22N4. The zero-order valence-electron chi connectivity index (χ0n) is 12.4. The molecule has 0 unspecified atom stereocenters. The second-order valence-electron chi connectivity index (χ2n) is 5.92. The standard InChI is InChI=1S/C15H22N4/c1-11-6-7-14(12(2)18-11)19-10-16-8-13(19)9-17-15(3,4)5/h6-8,10,17H,9H2,1-5H3. The molecule has 0 fully saturated rings. The third kappa shape index (κ3) is 3.41. The Kier molecular flexibility index (Phi) is 3.71. The minimum Gasteiger partial charge on any atom is -0.306 e. The molecule has 0 saturated carbocycles. The van der Waals surface area contributed by atoms with Gasteiger partial charge in [-0.05, 0) is 46.8 Å². The molecule has 2 aromatic heterocycles. The first kappa shape index (κ1) is 13.7. The fourth-order valence-corrected chi connectivity index (χ4v) is 1.96. The van der Waals surface area contributed by atoms with E-state index in [1.807, 2.05) is 32.4 Å². The van der Waals surface area contributed by atoms with Crippen LogP contribution in [0, 0.1) is 13.8 Å². The molecule has 0 bridgehead atoms. The van der Waals surface area contributed by atoms with E-state index in [0.717, 1.165) is 29.3 Å². The normalized spacial score (nSPS) is 11.8. The molecular weight excluding hydrogens is 236 g/mol. The van der Waals surface area contributed by atoms with Crippen LogP contribution >= 0.6 is 0 Å². The average molecular weight is 258 g/mol. The summed E-state index contributed by atoms with van der Waals surface area (Å²) in [4.78, 5) is 8.77. The fourth-order valence-electron chi connectivity index (χ4n) is 1.96. The van der Waals surface area contributed by atoms with Crippen molar-refractivity contribution in [3.63, 3.8) is 0 Å². The van der Waals surface area contributed by atoms with Crippen molar-refractivity contribution in [1.29, 1.82) is 0 Å². The summed E-state index contributed by atoms with van der Waals surface area (Å²) in [6.07, 6.45) is 3.75. The van der Waals surface area contributed by atoms with E-state index in [2.05, 4.69) is 46.7 Å². The molecule has 2 aromatic rings. The predicted molar refractivity (Wildman–Crippen MR) is 77.4 cm³/mol. The monoisotopic (exact) mass is 258 g/mol. The molecule has 102 valence electrons. The minimum absolute atomic E-state index is 0.0929. The summed E-state index contributed by atoms with van der Waals surface area (Å²) in [6.45, 7) is 11.3. The number of imidazole rings is 1. The summed E-state index contributed by atoms with van der Waals surface area (Å²) < 4.78 is 2.10. The summed E-state index contributed by atoms with van der Waals surface area (Å²) in [7, 11) is 0. The Balaban J connectivity index is 2.28. The summed E-state index contributed by atoms with van der Waals surface area (Å²) in [5.74, 6) is 0. The summed E-state index contributed by atoms with van der Waals surface area (Å²) in [5.41, 5.74) is 4.39. The van der Waals surface area contributed by atoms with E-state index >= 15 is 0 Å². The third-order valence-corrected chi connectivity index (χ3v) is 2.97. The molecule has 19 heavy (non-hydrogen) atoms. The summed E-state index contributed by atoms with van der Waals surface area (Å²) in [6, 6.07) is 4.13. The van der Waals surface area contributed by atoms with Crippen LogP contribution in [0.4, 0.5) is 0 Å². The molecule has 4 nitrogen and oxygen atoms in total. The van der Waals surface area contributed by atoms with Crippen LogP contribution in [-0.4, -0.2) is 20.1 Å². The van der Waals surface area contributed by atoms with Gasteiger partial charge in [-0.2, -0.15) is 0 Å². The number of hydrogen-bond donors (Lipinski definition) is 1. The topological polar surface area (TPSA) is 42.7 Å². The van der Waals surface area contributed by atoms with E-state index in [4.69, 9.17) is 0 Å². The molecule has 1 N–H and O–H groups in total. The molecule has 0 aromatic carbocycles. The van der Waals surface area contributed by atoms with Crippen molar-refractivity contribution in [3.05, 3.63) is 41.7 Å². The maximum absolute atomic E-state index is 4.51. The van der Waals surface area contributed by atoms with Crippen LogP contribution in [0.5, 0.6) is 0 Å². The van der Waals surface area contributed by atoms with Gasteiger partial charge >= 0.3 is 0 Å². The van der Waals surface area contributed by atoms with Gasteiger partial charge in [0.2, 0.25) is 0 Å². The molecule has 0 saturated heterocycles. The lowest BCUT2D eigenvalue weighted by molar-refractivity contribution is 0.419. The molecule has 0 radical (unpaired) electrons. The highest BCUT2D eigenvalue weighted by Gasteiger charge is 2.12. The smallest absolute Gasteiger partial charge is 0.0995 e. The van der Waals surface area contributed by atoms with E-state index in [1.54, 1.807) is 0 Å². The van der Waals surface area contributed by atoms with Crippen LogP contribution in [0.2, 0.25) is 0 Å². The van der Waals surface area contributed by atoms with Gasteiger partial charge in [0.25, 0.3) is 0 Å². The predicted octanol–water partition coefficient (Wildman–Crippen LogP) is 2.77. The molecule has 4 heteroatoms. The van der Waals surface area contributed by atoms with Gasteiger partial charge in [-0.25, -0.2) is 4.98 Å². The Morgan fingerprint density at radius 3 is 2.58 bits per heavy atom. The first-order valence-electron chi connectivity index (χ1n) is 6.58. The fraction of sp³-hybridized carbons (Fsp3) is 0.467. The first-order chi connectivity index (χ1) is 8.87. The quantitative estimate of drug-likeness (QED) is 0.920. The molecule has 0 aliphatic carbocycles. The van der Waals surface area contributed by atoms with Crippen LogP contribution in [0.1, 0.15) is 37.9 Å². The van der Waals surface area contributed by atoms with Crippen molar-refractivity contribution in [2.45, 2.75) is 46.7 Å². The SMILES string of the molecule is Cc1ccc(-n2cncc2CNC(C)(C)C)c(C)n1. The Bertz CT molecular complexity index is 564. The van der Waals surface area contributed by atoms with E-state index in [0.29, 0.717) is 0 Å². The Hall–Kier alpha value is -1.68. The lowest BCUT2D eigenvalue weighted by Gasteiger charge is -2.21. The van der Waals surface area contributed by atoms with Gasteiger partial charge in [-0.15, -0.1) is 0 Å². The van der Waals surface area contributed by atoms with E-state index in [9.17, 15) is 0 Å². The Morgan fingerprint density at radius 2 is 1.95 bits per heavy atom. The van der Waals surface area contributed by atoms with Crippen LogP contribution in [0.25, 0.3) is 5.69 Å². The highest BCUT2D eigenvalue weighted by atomic mass is 15.1. The van der Waals surface area contributed by atoms with Crippen molar-refractivity contribution in [1.82, 2.24) is 19.9 Å². The van der Waals surface area contributed by atoms with E-state index < -0.39 is 0 Å². The lowest BCUT2D eigenvalue weighted by atomic mass is 10.1. The molecule has 0 aliphatic rings. The summed E-state index contributed by atoms with van der Waals surface area (Å²) in [5, 5.41) is 3.48. The minimum atomic E-state index is 0.0929. The number of rotatable bonds is 3. The largest absolute Gasteiger partial charge is 0.306 e. The first-order valence-corrected chi connectivity index (χ1v) is 6.58. The highest BCUT2D eigenvalue weighted by molar-refractivity contribution is 5.38. The lowest BCUT2D eigenvalue weighted by Crippen LogP contribution is -2.35. The van der Waals surface area contributed by atoms with Crippen LogP contribution in [0.15, 0.2) is 24.7 Å². The molecule has 0 atom stereocenters. The Labute approximate surface area is 114 Å². The maximum Gasteiger partial charge on any atom is 0.0995 e. The van der Waals surface area contributed by atoms with Gasteiger partial charge < -0.3 is 9.88 Å². The van der Waals surface area contributed by atoms with Gasteiger partial charge in [-0.3, -0.25) is 4.98 Å². The van der Waals surface area contributed by atoms with Gasteiger partial charge in [0.1, 0.15) is 0 Å². The molecule has 2 rings (SSSR count). The van der Waals surface area contributed by atoms with E-state index in [1.165, 1.54) is 0 Å². The average Bonchev–Trinajstić information content (AvgIpc) is 2.73. The van der Waals surface area contributed by atoms with Crippen LogP contribution in [-0.2, 0) is 6.54 Å². The number of aromatic nitrogens is 3. The number of pyridine rings is 1. The third-order valence-electron chi connectivity index (χ3n) is 2.97. The van der Waals surface area contributed by atoms with Crippen LogP contribution in [0.3, 0.4) is 0 Å². The van der Waals surface area contributed by atoms with Gasteiger partial charge in [0, 0.05) is 24.0 Å². The Morgan fingerprint density at radius 1 is 1.21 bits per heavy atom. The number of hydrogen-bond acceptors (Lipinski definition) is 3. The molecule has 2 heterocycles. The zero-order valence-corrected chi connectivity index (χ0v) is 12.4. The van der Waals surface area contributed by atoms with Gasteiger partial charge in [-0.1, -0.05) is 0 Å². The number of nitrogens with zero attached hydrogens (tertiary/aromatic N) is 3. The maximum atomic E-state index is 4.51. The second kappa shape index (κ2) is 5.13. The second-order valence-corrected chi connectivity index (χ2v) is 5.92. The van der Waals surface area contributed by atoms with Gasteiger partial charge in [0.05, 0.1) is 23.4 Å². The van der Waals surface area contributed by atoms with E-state index in [-0.39, 0.29) is 5.54 Å². The number of nitrogens with one attached hydrogen (secondary N) is 1.